The lowest BCUT2D eigenvalue weighted by Gasteiger charge is -2.20. The number of hydrogen-bond acceptors (Lipinski definition) is 2. The minimum absolute atomic E-state index is 0.279. The van der Waals surface area contributed by atoms with Crippen molar-refractivity contribution in [2.45, 2.75) is 33.3 Å². The highest BCUT2D eigenvalue weighted by atomic mass is 19.1. The van der Waals surface area contributed by atoms with Gasteiger partial charge in [0.2, 0.25) is 0 Å². The minimum Gasteiger partial charge on any atom is -0.444 e. The standard InChI is InChI=1S/C18H20FNO2/c1-12-11-13(19)9-10-14(12)15-7-5-6-8-16(15)20-17(21)22-18(2,3)4/h5-11H,1-4H3,(H,20,21). The van der Waals surface area contributed by atoms with E-state index in [-0.39, 0.29) is 5.82 Å². The van der Waals surface area contributed by atoms with Crippen molar-refractivity contribution >= 4 is 11.8 Å². The van der Waals surface area contributed by atoms with Gasteiger partial charge in [0.05, 0.1) is 5.69 Å². The van der Waals surface area contributed by atoms with Crippen molar-refractivity contribution < 1.29 is 13.9 Å². The SMILES string of the molecule is Cc1cc(F)ccc1-c1ccccc1NC(=O)OC(C)(C)C. The van der Waals surface area contributed by atoms with Crippen LogP contribution < -0.4 is 5.32 Å². The molecule has 0 aliphatic heterocycles. The first-order valence-electron chi connectivity index (χ1n) is 7.12. The summed E-state index contributed by atoms with van der Waals surface area (Å²) in [6, 6.07) is 12.0. The third kappa shape index (κ3) is 4.07. The molecule has 3 nitrogen and oxygen atoms in total. The van der Waals surface area contributed by atoms with Crippen molar-refractivity contribution in [1.82, 2.24) is 0 Å². The summed E-state index contributed by atoms with van der Waals surface area (Å²) in [6.45, 7) is 7.26. The summed E-state index contributed by atoms with van der Waals surface area (Å²) in [5.74, 6) is -0.279. The molecule has 0 radical (unpaired) electrons. The van der Waals surface area contributed by atoms with Crippen molar-refractivity contribution in [3.8, 4) is 11.1 Å². The Bertz CT molecular complexity index is 690. The highest BCUT2D eigenvalue weighted by molar-refractivity contribution is 5.92. The molecular weight excluding hydrogens is 281 g/mol. The van der Waals surface area contributed by atoms with Gasteiger partial charge in [0, 0.05) is 5.56 Å². The van der Waals surface area contributed by atoms with Crippen LogP contribution in [-0.4, -0.2) is 11.7 Å². The van der Waals surface area contributed by atoms with Gasteiger partial charge in [-0.25, -0.2) is 9.18 Å². The first-order chi connectivity index (χ1) is 10.3. The number of anilines is 1. The molecule has 116 valence electrons. The van der Waals surface area contributed by atoms with Gasteiger partial charge in [0.1, 0.15) is 11.4 Å². The quantitative estimate of drug-likeness (QED) is 0.833. The number of carbonyl (C=O) groups is 1. The second-order valence-corrected chi connectivity index (χ2v) is 6.13. The van der Waals surface area contributed by atoms with E-state index in [0.29, 0.717) is 5.69 Å². The summed E-state index contributed by atoms with van der Waals surface area (Å²) in [6.07, 6.45) is -0.514. The van der Waals surface area contributed by atoms with E-state index in [0.717, 1.165) is 16.7 Å². The summed E-state index contributed by atoms with van der Waals surface area (Å²) in [5.41, 5.74) is 2.56. The van der Waals surface area contributed by atoms with Gasteiger partial charge in [0.15, 0.2) is 0 Å². The largest absolute Gasteiger partial charge is 0.444 e. The molecular formula is C18H20FNO2. The molecule has 0 unspecified atom stereocenters. The van der Waals surface area contributed by atoms with Gasteiger partial charge in [-0.3, -0.25) is 5.32 Å². The fraction of sp³-hybridized carbons (Fsp3) is 0.278. The lowest BCUT2D eigenvalue weighted by molar-refractivity contribution is 0.0636. The maximum atomic E-state index is 13.3. The number of rotatable bonds is 2. The Kier molecular flexibility index (Phi) is 4.50. The molecule has 2 rings (SSSR count). The van der Waals surface area contributed by atoms with Crippen LogP contribution in [0.1, 0.15) is 26.3 Å². The van der Waals surface area contributed by atoms with Gasteiger partial charge in [-0.05, 0) is 57.0 Å². The Morgan fingerprint density at radius 1 is 1.09 bits per heavy atom. The Labute approximate surface area is 130 Å². The third-order valence-corrected chi connectivity index (χ3v) is 3.04. The molecule has 22 heavy (non-hydrogen) atoms. The summed E-state index contributed by atoms with van der Waals surface area (Å²) in [7, 11) is 0. The van der Waals surface area contributed by atoms with Crippen LogP contribution in [0, 0.1) is 12.7 Å². The Hall–Kier alpha value is -2.36. The van der Waals surface area contributed by atoms with E-state index in [1.165, 1.54) is 12.1 Å². The Balaban J connectivity index is 2.33. The minimum atomic E-state index is -0.565. The molecule has 4 heteroatoms. The maximum Gasteiger partial charge on any atom is 0.412 e. The summed E-state index contributed by atoms with van der Waals surface area (Å²) < 4.78 is 18.5. The van der Waals surface area contributed by atoms with Crippen LogP contribution >= 0.6 is 0 Å². The van der Waals surface area contributed by atoms with Gasteiger partial charge in [0.25, 0.3) is 0 Å². The van der Waals surface area contributed by atoms with Crippen molar-refractivity contribution in [1.29, 1.82) is 0 Å². The molecule has 1 N–H and O–H groups in total. The molecule has 2 aromatic rings. The first-order valence-corrected chi connectivity index (χ1v) is 7.12. The zero-order valence-corrected chi connectivity index (χ0v) is 13.2. The number of hydrogen-bond donors (Lipinski definition) is 1. The van der Waals surface area contributed by atoms with Crippen molar-refractivity contribution in [3.63, 3.8) is 0 Å². The number of nitrogens with one attached hydrogen (secondary N) is 1. The molecule has 0 atom stereocenters. The highest BCUT2D eigenvalue weighted by Gasteiger charge is 2.17. The number of para-hydroxylation sites is 1. The third-order valence-electron chi connectivity index (χ3n) is 3.04. The van der Waals surface area contributed by atoms with E-state index >= 15 is 0 Å². The average Bonchev–Trinajstić information content (AvgIpc) is 2.37. The molecule has 0 aliphatic rings. The van der Waals surface area contributed by atoms with E-state index in [4.69, 9.17) is 4.74 Å². The van der Waals surface area contributed by atoms with E-state index in [1.54, 1.807) is 12.1 Å². The fourth-order valence-corrected chi connectivity index (χ4v) is 2.17. The molecule has 0 saturated heterocycles. The van der Waals surface area contributed by atoms with Gasteiger partial charge in [-0.1, -0.05) is 24.3 Å². The van der Waals surface area contributed by atoms with Crippen LogP contribution in [0.5, 0.6) is 0 Å². The van der Waals surface area contributed by atoms with E-state index in [1.807, 2.05) is 45.9 Å². The number of carbonyl (C=O) groups excluding carboxylic acids is 1. The topological polar surface area (TPSA) is 38.3 Å². The molecule has 0 bridgehead atoms. The van der Waals surface area contributed by atoms with Crippen LogP contribution in [0.3, 0.4) is 0 Å². The Morgan fingerprint density at radius 3 is 2.41 bits per heavy atom. The van der Waals surface area contributed by atoms with Crippen LogP contribution in [0.4, 0.5) is 14.9 Å². The van der Waals surface area contributed by atoms with Crippen molar-refractivity contribution in [2.75, 3.05) is 5.32 Å². The number of ether oxygens (including phenoxy) is 1. The molecule has 0 heterocycles. The number of amides is 1. The number of halogens is 1. The summed E-state index contributed by atoms with van der Waals surface area (Å²) in [5, 5.41) is 2.75. The molecule has 0 aromatic heterocycles. The molecule has 0 spiro atoms. The predicted octanol–water partition coefficient (Wildman–Crippen LogP) is 5.15. The molecule has 0 saturated carbocycles. The Morgan fingerprint density at radius 2 is 1.77 bits per heavy atom. The summed E-state index contributed by atoms with van der Waals surface area (Å²) >= 11 is 0. The van der Waals surface area contributed by atoms with Crippen LogP contribution in [0.2, 0.25) is 0 Å². The first kappa shape index (κ1) is 16.0. The van der Waals surface area contributed by atoms with Crippen LogP contribution in [0.15, 0.2) is 42.5 Å². The van der Waals surface area contributed by atoms with Crippen molar-refractivity contribution in [3.05, 3.63) is 53.8 Å². The molecule has 1 amide bonds. The van der Waals surface area contributed by atoms with E-state index < -0.39 is 11.7 Å². The van der Waals surface area contributed by atoms with E-state index in [2.05, 4.69) is 5.32 Å². The highest BCUT2D eigenvalue weighted by Crippen LogP contribution is 2.31. The van der Waals surface area contributed by atoms with Crippen molar-refractivity contribution in [2.24, 2.45) is 0 Å². The van der Waals surface area contributed by atoms with E-state index in [9.17, 15) is 9.18 Å². The lowest BCUT2D eigenvalue weighted by Crippen LogP contribution is -2.27. The lowest BCUT2D eigenvalue weighted by atomic mass is 9.99. The van der Waals surface area contributed by atoms with Gasteiger partial charge < -0.3 is 4.74 Å². The van der Waals surface area contributed by atoms with Crippen LogP contribution in [-0.2, 0) is 4.74 Å². The zero-order valence-electron chi connectivity index (χ0n) is 13.2. The predicted molar refractivity (Wildman–Crippen MR) is 86.4 cm³/mol. The monoisotopic (exact) mass is 301 g/mol. The summed E-state index contributed by atoms with van der Waals surface area (Å²) in [4.78, 5) is 12.0. The van der Waals surface area contributed by atoms with Gasteiger partial charge in [-0.15, -0.1) is 0 Å². The molecule has 0 fully saturated rings. The van der Waals surface area contributed by atoms with Crippen LogP contribution in [0.25, 0.3) is 11.1 Å². The number of aryl methyl sites for hydroxylation is 1. The number of benzene rings is 2. The maximum absolute atomic E-state index is 13.3. The van der Waals surface area contributed by atoms with Gasteiger partial charge >= 0.3 is 6.09 Å². The second kappa shape index (κ2) is 6.18. The molecule has 2 aromatic carbocycles. The fourth-order valence-electron chi connectivity index (χ4n) is 2.17. The van der Waals surface area contributed by atoms with Gasteiger partial charge in [-0.2, -0.15) is 0 Å². The zero-order chi connectivity index (χ0) is 16.3. The second-order valence-electron chi connectivity index (χ2n) is 6.13. The normalized spacial score (nSPS) is 11.1. The molecule has 0 aliphatic carbocycles. The average molecular weight is 301 g/mol. The smallest absolute Gasteiger partial charge is 0.412 e.